The molecule has 3 heterocycles. The van der Waals surface area contributed by atoms with E-state index in [1.807, 2.05) is 6.92 Å². The zero-order chi connectivity index (χ0) is 15.7. The van der Waals surface area contributed by atoms with Gasteiger partial charge in [-0.1, -0.05) is 0 Å². The van der Waals surface area contributed by atoms with Crippen molar-refractivity contribution in [3.8, 4) is 6.01 Å². The van der Waals surface area contributed by atoms with Crippen molar-refractivity contribution in [2.24, 2.45) is 0 Å². The highest BCUT2D eigenvalue weighted by Crippen LogP contribution is 2.28. The van der Waals surface area contributed by atoms with E-state index in [2.05, 4.69) is 25.2 Å². The molecule has 2 atom stereocenters. The topological polar surface area (TPSA) is 68.1 Å². The molecule has 1 saturated heterocycles. The van der Waals surface area contributed by atoms with E-state index in [1.54, 1.807) is 10.9 Å². The first-order valence-electron chi connectivity index (χ1n) is 7.50. The zero-order valence-electron chi connectivity index (χ0n) is 13.1. The van der Waals surface area contributed by atoms with Gasteiger partial charge in [0.1, 0.15) is 6.17 Å². The van der Waals surface area contributed by atoms with Crippen LogP contribution in [0.3, 0.4) is 0 Å². The van der Waals surface area contributed by atoms with E-state index in [0.29, 0.717) is 11.2 Å². The van der Waals surface area contributed by atoms with Gasteiger partial charge in [-0.3, -0.25) is 0 Å². The molecular formula is C14H21FN6O. The summed E-state index contributed by atoms with van der Waals surface area (Å²) in [5, 5.41) is 3.31. The summed E-state index contributed by atoms with van der Waals surface area (Å²) < 4.78 is 20.6. The Morgan fingerprint density at radius 2 is 2.00 bits per heavy atom. The van der Waals surface area contributed by atoms with Crippen molar-refractivity contribution in [2.45, 2.75) is 26.1 Å². The average Bonchev–Trinajstić information content (AvgIpc) is 2.97. The molecule has 0 aromatic carbocycles. The largest absolute Gasteiger partial charge is 0.467 e. The van der Waals surface area contributed by atoms with Crippen LogP contribution in [-0.4, -0.2) is 59.0 Å². The van der Waals surface area contributed by atoms with Gasteiger partial charge in [-0.2, -0.15) is 9.97 Å². The summed E-state index contributed by atoms with van der Waals surface area (Å²) in [7, 11) is 1.53. The number of alkyl halides is 1. The second kappa shape index (κ2) is 6.04. The van der Waals surface area contributed by atoms with Crippen LogP contribution in [0.5, 0.6) is 6.01 Å². The molecule has 0 bridgehead atoms. The van der Waals surface area contributed by atoms with Gasteiger partial charge < -0.3 is 19.5 Å². The Morgan fingerprint density at radius 1 is 1.27 bits per heavy atom. The second-order valence-electron chi connectivity index (χ2n) is 5.51. The fraction of sp³-hybridized carbons (Fsp3) is 0.643. The van der Waals surface area contributed by atoms with Gasteiger partial charge in [0.05, 0.1) is 19.5 Å². The SMILES string of the molecule is COc1nc(N2CCNCC2)c2ncn([C@@H](C)[C@H](C)F)c2n1. The summed E-state index contributed by atoms with van der Waals surface area (Å²) in [5.74, 6) is 0.751. The van der Waals surface area contributed by atoms with E-state index >= 15 is 0 Å². The van der Waals surface area contributed by atoms with Crippen LogP contribution < -0.4 is 15.0 Å². The van der Waals surface area contributed by atoms with Gasteiger partial charge in [0, 0.05) is 26.2 Å². The van der Waals surface area contributed by atoms with Crippen LogP contribution in [0, 0.1) is 0 Å². The van der Waals surface area contributed by atoms with Crippen LogP contribution in [0.4, 0.5) is 10.2 Å². The molecule has 1 aliphatic heterocycles. The van der Waals surface area contributed by atoms with E-state index in [1.165, 1.54) is 14.0 Å². The number of ether oxygens (including phenoxy) is 1. The van der Waals surface area contributed by atoms with Crippen molar-refractivity contribution in [1.29, 1.82) is 0 Å². The predicted octanol–water partition coefficient (Wildman–Crippen LogP) is 1.16. The van der Waals surface area contributed by atoms with E-state index in [0.717, 1.165) is 32.0 Å². The monoisotopic (exact) mass is 308 g/mol. The fourth-order valence-corrected chi connectivity index (χ4v) is 2.59. The number of halogens is 1. The minimum atomic E-state index is -0.999. The standard InChI is InChI=1S/C14H21FN6O/c1-9(15)10(2)21-8-17-11-12(20-6-4-16-5-7-20)18-14(22-3)19-13(11)21/h8-10,16H,4-7H2,1-3H3/t9-,10-/m0/s1. The Hall–Kier alpha value is -1.96. The van der Waals surface area contributed by atoms with Gasteiger partial charge in [0.15, 0.2) is 17.0 Å². The van der Waals surface area contributed by atoms with Crippen LogP contribution in [0.1, 0.15) is 19.9 Å². The van der Waals surface area contributed by atoms with Crippen molar-refractivity contribution in [2.75, 3.05) is 38.2 Å². The van der Waals surface area contributed by atoms with Crippen LogP contribution >= 0.6 is 0 Å². The van der Waals surface area contributed by atoms with Gasteiger partial charge in [-0.05, 0) is 13.8 Å². The Kier molecular flexibility index (Phi) is 4.10. The van der Waals surface area contributed by atoms with Crippen molar-refractivity contribution < 1.29 is 9.13 Å². The van der Waals surface area contributed by atoms with Crippen molar-refractivity contribution in [3.63, 3.8) is 0 Å². The predicted molar refractivity (Wildman–Crippen MR) is 82.2 cm³/mol. The average molecular weight is 308 g/mol. The molecule has 3 rings (SSSR count). The molecule has 2 aromatic rings. The highest BCUT2D eigenvalue weighted by Gasteiger charge is 2.23. The lowest BCUT2D eigenvalue weighted by Crippen LogP contribution is -2.44. The summed E-state index contributed by atoms with van der Waals surface area (Å²) in [6.07, 6.45) is 0.631. The van der Waals surface area contributed by atoms with Gasteiger partial charge in [-0.15, -0.1) is 0 Å². The van der Waals surface area contributed by atoms with Gasteiger partial charge in [0.25, 0.3) is 0 Å². The Bertz CT molecular complexity index is 652. The number of anilines is 1. The molecule has 0 radical (unpaired) electrons. The van der Waals surface area contributed by atoms with Crippen molar-refractivity contribution in [1.82, 2.24) is 24.8 Å². The molecule has 8 heteroatoms. The molecule has 0 spiro atoms. The quantitative estimate of drug-likeness (QED) is 0.914. The molecule has 120 valence electrons. The maximum Gasteiger partial charge on any atom is 0.320 e. The van der Waals surface area contributed by atoms with Crippen LogP contribution in [0.25, 0.3) is 11.2 Å². The lowest BCUT2D eigenvalue weighted by molar-refractivity contribution is 0.267. The number of hydrogen-bond acceptors (Lipinski definition) is 6. The zero-order valence-corrected chi connectivity index (χ0v) is 13.1. The number of nitrogens with zero attached hydrogens (tertiary/aromatic N) is 5. The number of aromatic nitrogens is 4. The molecule has 1 N–H and O–H groups in total. The van der Waals surface area contributed by atoms with Gasteiger partial charge in [0.2, 0.25) is 0 Å². The smallest absolute Gasteiger partial charge is 0.320 e. The van der Waals surface area contributed by atoms with E-state index in [-0.39, 0.29) is 12.1 Å². The summed E-state index contributed by atoms with van der Waals surface area (Å²) in [5.41, 5.74) is 1.30. The van der Waals surface area contributed by atoms with Crippen LogP contribution in [0.15, 0.2) is 6.33 Å². The minimum absolute atomic E-state index is 0.279. The number of fused-ring (bicyclic) bond motifs is 1. The molecule has 1 aliphatic rings. The molecule has 0 amide bonds. The third kappa shape index (κ3) is 2.58. The molecule has 1 fully saturated rings. The highest BCUT2D eigenvalue weighted by atomic mass is 19.1. The maximum absolute atomic E-state index is 13.7. The highest BCUT2D eigenvalue weighted by molar-refractivity contribution is 5.84. The first-order chi connectivity index (χ1) is 10.6. The van der Waals surface area contributed by atoms with Crippen LogP contribution in [-0.2, 0) is 0 Å². The number of rotatable bonds is 4. The number of nitrogens with one attached hydrogen (secondary N) is 1. The first kappa shape index (κ1) is 15.0. The summed E-state index contributed by atoms with van der Waals surface area (Å²) in [6.45, 7) is 6.82. The summed E-state index contributed by atoms with van der Waals surface area (Å²) in [4.78, 5) is 15.4. The van der Waals surface area contributed by atoms with E-state index < -0.39 is 6.17 Å². The molecule has 0 unspecified atom stereocenters. The Balaban J connectivity index is 2.11. The number of methoxy groups -OCH3 is 1. The maximum atomic E-state index is 13.7. The summed E-state index contributed by atoms with van der Waals surface area (Å²) in [6, 6.07) is -0.0676. The van der Waals surface area contributed by atoms with E-state index in [4.69, 9.17) is 4.74 Å². The third-order valence-corrected chi connectivity index (χ3v) is 4.09. The lowest BCUT2D eigenvalue weighted by atomic mass is 10.2. The fourth-order valence-electron chi connectivity index (χ4n) is 2.59. The Labute approximate surface area is 128 Å². The molecule has 7 nitrogen and oxygen atoms in total. The minimum Gasteiger partial charge on any atom is -0.467 e. The number of imidazole rings is 1. The first-order valence-corrected chi connectivity index (χ1v) is 7.50. The third-order valence-electron chi connectivity index (χ3n) is 4.09. The normalized spacial score (nSPS) is 18.5. The molecular weight excluding hydrogens is 287 g/mol. The molecule has 22 heavy (non-hydrogen) atoms. The summed E-state index contributed by atoms with van der Waals surface area (Å²) >= 11 is 0. The molecule has 0 aliphatic carbocycles. The second-order valence-corrected chi connectivity index (χ2v) is 5.51. The van der Waals surface area contributed by atoms with E-state index in [9.17, 15) is 4.39 Å². The molecule has 2 aromatic heterocycles. The lowest BCUT2D eigenvalue weighted by Gasteiger charge is -2.28. The van der Waals surface area contributed by atoms with Gasteiger partial charge in [-0.25, -0.2) is 9.37 Å². The van der Waals surface area contributed by atoms with Gasteiger partial charge >= 0.3 is 6.01 Å². The van der Waals surface area contributed by atoms with Crippen LogP contribution in [0.2, 0.25) is 0 Å². The van der Waals surface area contributed by atoms with Crippen molar-refractivity contribution in [3.05, 3.63) is 6.33 Å². The number of hydrogen-bond donors (Lipinski definition) is 1. The molecule has 0 saturated carbocycles. The number of piperazine rings is 1. The van der Waals surface area contributed by atoms with Crippen molar-refractivity contribution >= 4 is 17.0 Å². The Morgan fingerprint density at radius 3 is 2.64 bits per heavy atom.